The van der Waals surface area contributed by atoms with Crippen molar-refractivity contribution in [2.45, 2.75) is 57.2 Å². The van der Waals surface area contributed by atoms with Gasteiger partial charge in [-0.25, -0.2) is 0 Å². The van der Waals surface area contributed by atoms with E-state index in [-0.39, 0.29) is 6.29 Å². The smallest absolute Gasteiger partial charge is 0.183 e. The molecule has 0 unspecified atom stereocenters. The van der Waals surface area contributed by atoms with Gasteiger partial charge in [-0.05, 0) is 54.9 Å². The highest BCUT2D eigenvalue weighted by molar-refractivity contribution is 5.32. The van der Waals surface area contributed by atoms with Crippen molar-refractivity contribution in [2.75, 3.05) is 13.2 Å². The van der Waals surface area contributed by atoms with Crippen LogP contribution in [0.15, 0.2) is 36.9 Å². The third kappa shape index (κ3) is 2.77. The molecule has 2 nitrogen and oxygen atoms in total. The molecule has 0 spiro atoms. The van der Waals surface area contributed by atoms with E-state index in [0.717, 1.165) is 5.56 Å². The van der Waals surface area contributed by atoms with Crippen molar-refractivity contribution in [3.05, 3.63) is 48.0 Å². The minimum Gasteiger partial charge on any atom is -0.348 e. The van der Waals surface area contributed by atoms with E-state index in [1.54, 1.807) is 0 Å². The Kier molecular flexibility index (Phi) is 3.85. The van der Waals surface area contributed by atoms with Gasteiger partial charge in [0.25, 0.3) is 0 Å². The number of hydrogen-bond acceptors (Lipinski definition) is 2. The normalized spacial score (nSPS) is 40.0. The van der Waals surface area contributed by atoms with Crippen molar-refractivity contribution < 1.29 is 9.47 Å². The lowest BCUT2D eigenvalue weighted by Crippen LogP contribution is -2.42. The monoisotopic (exact) mass is 312 g/mol. The predicted molar refractivity (Wildman–Crippen MR) is 92.3 cm³/mol. The number of hydrogen-bond donors (Lipinski definition) is 0. The van der Waals surface area contributed by atoms with Gasteiger partial charge in [0.05, 0.1) is 13.2 Å². The zero-order valence-corrected chi connectivity index (χ0v) is 14.2. The summed E-state index contributed by atoms with van der Waals surface area (Å²) in [6.07, 6.45) is 9.98. The zero-order valence-electron chi connectivity index (χ0n) is 14.2. The fourth-order valence-corrected chi connectivity index (χ4v) is 4.65. The van der Waals surface area contributed by atoms with E-state index in [1.165, 1.54) is 44.1 Å². The van der Waals surface area contributed by atoms with Gasteiger partial charge < -0.3 is 9.47 Å². The van der Waals surface area contributed by atoms with Gasteiger partial charge in [0, 0.05) is 11.5 Å². The molecule has 0 N–H and O–H groups in total. The van der Waals surface area contributed by atoms with Crippen molar-refractivity contribution in [2.24, 2.45) is 11.3 Å². The maximum absolute atomic E-state index is 5.83. The Hall–Kier alpha value is -1.12. The van der Waals surface area contributed by atoms with E-state index in [1.807, 2.05) is 6.08 Å². The van der Waals surface area contributed by atoms with E-state index in [9.17, 15) is 0 Å². The Labute approximate surface area is 139 Å². The summed E-state index contributed by atoms with van der Waals surface area (Å²) in [6.45, 7) is 7.70. The second-order valence-electron chi connectivity index (χ2n) is 8.21. The first kappa shape index (κ1) is 15.4. The summed E-state index contributed by atoms with van der Waals surface area (Å²) in [5.74, 6) is 0.322. The minimum atomic E-state index is -0.209. The van der Waals surface area contributed by atoms with E-state index < -0.39 is 0 Å². The van der Waals surface area contributed by atoms with Gasteiger partial charge in [0.2, 0.25) is 0 Å². The molecule has 2 heteroatoms. The van der Waals surface area contributed by atoms with Crippen LogP contribution >= 0.6 is 0 Å². The molecule has 23 heavy (non-hydrogen) atoms. The van der Waals surface area contributed by atoms with Crippen molar-refractivity contribution in [1.82, 2.24) is 0 Å². The third-order valence-corrected chi connectivity index (χ3v) is 6.67. The second-order valence-corrected chi connectivity index (χ2v) is 8.21. The van der Waals surface area contributed by atoms with Crippen LogP contribution in [0.1, 0.15) is 62.9 Å². The summed E-state index contributed by atoms with van der Waals surface area (Å²) in [4.78, 5) is 0. The van der Waals surface area contributed by atoms with Crippen LogP contribution in [-0.2, 0) is 14.9 Å². The first-order valence-electron chi connectivity index (χ1n) is 9.09. The van der Waals surface area contributed by atoms with Crippen molar-refractivity contribution in [1.29, 1.82) is 0 Å². The molecule has 1 saturated heterocycles. The summed E-state index contributed by atoms with van der Waals surface area (Å²) in [5.41, 5.74) is 3.75. The summed E-state index contributed by atoms with van der Waals surface area (Å²) in [6, 6.07) is 9.09. The molecule has 0 atom stereocenters. The van der Waals surface area contributed by atoms with Gasteiger partial charge in [-0.3, -0.25) is 0 Å². The van der Waals surface area contributed by atoms with Gasteiger partial charge in [-0.2, -0.15) is 0 Å². The molecule has 3 aliphatic carbocycles. The molecule has 5 rings (SSSR count). The number of ether oxygens (including phenoxy) is 2. The quantitative estimate of drug-likeness (QED) is 0.719. The molecule has 4 aliphatic rings. The number of fused-ring (bicyclic) bond motifs is 3. The molecule has 1 aromatic rings. The maximum Gasteiger partial charge on any atom is 0.183 e. The molecular weight excluding hydrogens is 284 g/mol. The summed E-state index contributed by atoms with van der Waals surface area (Å²) >= 11 is 0. The minimum absolute atomic E-state index is 0.209. The molecule has 1 aliphatic heterocycles. The lowest BCUT2D eigenvalue weighted by Gasteiger charge is -2.52. The molecule has 1 aromatic carbocycles. The number of benzene rings is 1. The van der Waals surface area contributed by atoms with Gasteiger partial charge in [-0.15, -0.1) is 6.58 Å². The molecule has 124 valence electrons. The molecular formula is C21H28O2. The van der Waals surface area contributed by atoms with Crippen LogP contribution in [0.25, 0.3) is 0 Å². The van der Waals surface area contributed by atoms with Crippen molar-refractivity contribution in [3.63, 3.8) is 0 Å². The van der Waals surface area contributed by atoms with E-state index in [0.29, 0.717) is 30.0 Å². The fourth-order valence-electron chi connectivity index (χ4n) is 4.65. The molecule has 0 amide bonds. The summed E-state index contributed by atoms with van der Waals surface area (Å²) in [5, 5.41) is 0. The maximum atomic E-state index is 5.83. The lowest BCUT2D eigenvalue weighted by molar-refractivity contribution is -0.197. The van der Waals surface area contributed by atoms with E-state index in [4.69, 9.17) is 9.47 Å². The van der Waals surface area contributed by atoms with Crippen LogP contribution in [0.5, 0.6) is 0 Å². The van der Waals surface area contributed by atoms with Crippen LogP contribution in [0.3, 0.4) is 0 Å². The Morgan fingerprint density at radius 3 is 2.04 bits per heavy atom. The SMILES string of the molecule is C=CC1COC(c2ccc(C34CCC(C)(CC3)CC4)cc2)OC1. The van der Waals surface area contributed by atoms with Crippen molar-refractivity contribution in [3.8, 4) is 0 Å². The van der Waals surface area contributed by atoms with Crippen LogP contribution < -0.4 is 0 Å². The topological polar surface area (TPSA) is 18.5 Å². The van der Waals surface area contributed by atoms with Gasteiger partial charge in [0.1, 0.15) is 0 Å². The Balaban J connectivity index is 1.47. The van der Waals surface area contributed by atoms with Crippen molar-refractivity contribution >= 4 is 0 Å². The van der Waals surface area contributed by atoms with Crippen LogP contribution in [0, 0.1) is 11.3 Å². The lowest BCUT2D eigenvalue weighted by atomic mass is 9.52. The molecule has 0 radical (unpaired) electrons. The highest BCUT2D eigenvalue weighted by Gasteiger charge is 2.46. The molecule has 4 fully saturated rings. The number of rotatable bonds is 3. The van der Waals surface area contributed by atoms with Gasteiger partial charge in [-0.1, -0.05) is 37.3 Å². The first-order valence-corrected chi connectivity index (χ1v) is 9.09. The molecule has 3 saturated carbocycles. The highest BCUT2D eigenvalue weighted by Crippen LogP contribution is 2.57. The highest BCUT2D eigenvalue weighted by atomic mass is 16.7. The molecule has 2 bridgehead atoms. The molecule has 0 aromatic heterocycles. The fraction of sp³-hybridized carbons (Fsp3) is 0.619. The second kappa shape index (κ2) is 5.75. The average Bonchev–Trinajstić information content (AvgIpc) is 2.63. The van der Waals surface area contributed by atoms with E-state index in [2.05, 4.69) is 37.8 Å². The van der Waals surface area contributed by atoms with Gasteiger partial charge in [0.15, 0.2) is 6.29 Å². The van der Waals surface area contributed by atoms with Crippen LogP contribution in [0.4, 0.5) is 0 Å². The Morgan fingerprint density at radius 1 is 0.957 bits per heavy atom. The van der Waals surface area contributed by atoms with Gasteiger partial charge >= 0.3 is 0 Å². The van der Waals surface area contributed by atoms with Crippen LogP contribution in [-0.4, -0.2) is 13.2 Å². The predicted octanol–water partition coefficient (Wildman–Crippen LogP) is 5.15. The summed E-state index contributed by atoms with van der Waals surface area (Å²) < 4.78 is 11.7. The first-order chi connectivity index (χ1) is 11.1. The standard InChI is InChI=1S/C21H28O2/c1-3-16-14-22-19(23-15-16)17-4-6-18(7-5-17)21-11-8-20(2,9-12-21)10-13-21/h3-7,16,19H,1,8-15H2,2H3. The zero-order chi connectivity index (χ0) is 15.9. The van der Waals surface area contributed by atoms with E-state index >= 15 is 0 Å². The summed E-state index contributed by atoms with van der Waals surface area (Å²) in [7, 11) is 0. The molecule has 1 heterocycles. The Bertz CT molecular complexity index is 541. The third-order valence-electron chi connectivity index (χ3n) is 6.67. The van der Waals surface area contributed by atoms with Crippen LogP contribution in [0.2, 0.25) is 0 Å². The largest absolute Gasteiger partial charge is 0.348 e. The average molecular weight is 312 g/mol. The Morgan fingerprint density at radius 2 is 1.52 bits per heavy atom.